The van der Waals surface area contributed by atoms with Gasteiger partial charge in [0.1, 0.15) is 5.25 Å². The third-order valence-corrected chi connectivity index (χ3v) is 5.06. The summed E-state index contributed by atoms with van der Waals surface area (Å²) >= 11 is 1.50. The number of hydrogen-bond donors (Lipinski definition) is 1. The van der Waals surface area contributed by atoms with Crippen LogP contribution < -0.4 is 5.32 Å². The molecule has 23 heavy (non-hydrogen) atoms. The smallest absolute Gasteiger partial charge is 0.269 e. The number of hydrogen-bond acceptors (Lipinski definition) is 4. The molecule has 1 atom stereocenters. The van der Waals surface area contributed by atoms with E-state index in [-0.39, 0.29) is 16.8 Å². The number of thioether (sulfide) groups is 1. The second-order valence-corrected chi connectivity index (χ2v) is 6.56. The fraction of sp³-hybridized carbons (Fsp3) is 0.235. The van der Waals surface area contributed by atoms with Gasteiger partial charge in [0.15, 0.2) is 0 Å². The van der Waals surface area contributed by atoms with Crippen LogP contribution in [-0.2, 0) is 4.79 Å². The first kappa shape index (κ1) is 15.6. The fourth-order valence-corrected chi connectivity index (χ4v) is 3.70. The molecule has 118 valence electrons. The predicted octanol–water partition coefficient (Wildman–Crippen LogP) is 4.23. The van der Waals surface area contributed by atoms with Gasteiger partial charge in [0.25, 0.3) is 5.69 Å². The Balaban J connectivity index is 2.13. The number of amides is 1. The Kier molecular flexibility index (Phi) is 3.85. The van der Waals surface area contributed by atoms with Crippen LogP contribution in [0.1, 0.15) is 21.9 Å². The molecule has 1 aliphatic heterocycles. The third-order valence-electron chi connectivity index (χ3n) is 4.12. The lowest BCUT2D eigenvalue weighted by Gasteiger charge is -2.13. The Labute approximate surface area is 138 Å². The topological polar surface area (TPSA) is 72.2 Å². The second kappa shape index (κ2) is 5.70. The van der Waals surface area contributed by atoms with Gasteiger partial charge in [-0.1, -0.05) is 0 Å². The summed E-state index contributed by atoms with van der Waals surface area (Å²) in [6, 6.07) is 8.87. The molecule has 1 amide bonds. The van der Waals surface area contributed by atoms with Crippen molar-refractivity contribution in [2.24, 2.45) is 0 Å². The lowest BCUT2D eigenvalue weighted by molar-refractivity contribution is -0.384. The summed E-state index contributed by atoms with van der Waals surface area (Å²) in [5, 5.41) is 13.6. The molecule has 1 N–H and O–H groups in total. The van der Waals surface area contributed by atoms with E-state index in [0.29, 0.717) is 0 Å². The minimum absolute atomic E-state index is 0.00414. The number of rotatable bonds is 3. The number of nitro groups is 1. The van der Waals surface area contributed by atoms with Crippen LogP contribution in [0.15, 0.2) is 30.3 Å². The quantitative estimate of drug-likeness (QED) is 0.676. The van der Waals surface area contributed by atoms with Crippen molar-refractivity contribution in [3.63, 3.8) is 0 Å². The molecule has 0 aromatic heterocycles. The average molecular weight is 328 g/mol. The van der Waals surface area contributed by atoms with Crippen LogP contribution in [0.3, 0.4) is 0 Å². The van der Waals surface area contributed by atoms with E-state index in [1.165, 1.54) is 17.8 Å². The maximum Gasteiger partial charge on any atom is 0.269 e. The minimum Gasteiger partial charge on any atom is -0.325 e. The van der Waals surface area contributed by atoms with Gasteiger partial charge in [-0.2, -0.15) is 0 Å². The highest BCUT2D eigenvalue weighted by atomic mass is 32.2. The molecule has 2 aromatic carbocycles. The summed E-state index contributed by atoms with van der Waals surface area (Å²) in [7, 11) is 0. The molecule has 5 nitrogen and oxygen atoms in total. The maximum absolute atomic E-state index is 12.0. The molecule has 1 heterocycles. The highest BCUT2D eigenvalue weighted by Gasteiger charge is 2.30. The Morgan fingerprint density at radius 3 is 2.43 bits per heavy atom. The van der Waals surface area contributed by atoms with E-state index in [1.807, 2.05) is 32.2 Å². The third kappa shape index (κ3) is 2.59. The number of carbonyl (C=O) groups excluding carboxylic acids is 1. The van der Waals surface area contributed by atoms with Gasteiger partial charge < -0.3 is 5.32 Å². The average Bonchev–Trinajstić information content (AvgIpc) is 2.80. The van der Waals surface area contributed by atoms with Crippen LogP contribution in [-0.4, -0.2) is 17.1 Å². The molecule has 1 unspecified atom stereocenters. The minimum atomic E-state index is -0.390. The van der Waals surface area contributed by atoms with Gasteiger partial charge in [0.05, 0.1) is 4.92 Å². The van der Waals surface area contributed by atoms with Crippen molar-refractivity contribution >= 4 is 29.0 Å². The summed E-state index contributed by atoms with van der Waals surface area (Å²) in [5.74, 6) is 0.00414. The molecule has 0 aliphatic carbocycles. The lowest BCUT2D eigenvalue weighted by Crippen LogP contribution is -2.08. The summed E-state index contributed by atoms with van der Waals surface area (Å²) in [6.45, 7) is 3.85. The zero-order valence-corrected chi connectivity index (χ0v) is 13.9. The normalized spacial score (nSPS) is 16.1. The van der Waals surface area contributed by atoms with E-state index in [4.69, 9.17) is 0 Å². The molecule has 6 heteroatoms. The molecule has 0 saturated heterocycles. The largest absolute Gasteiger partial charge is 0.325 e. The SMILES string of the molecule is CSC1C(=O)Nc2cc(C)c(-c3ccc([N+](=O)[O-])cc3C)cc21. The van der Waals surface area contributed by atoms with Crippen molar-refractivity contribution in [3.05, 3.63) is 57.1 Å². The van der Waals surface area contributed by atoms with Crippen molar-refractivity contribution in [1.29, 1.82) is 0 Å². The fourth-order valence-electron chi connectivity index (χ4n) is 2.98. The highest BCUT2D eigenvalue weighted by molar-refractivity contribution is 7.99. The molecule has 3 rings (SSSR count). The maximum atomic E-state index is 12.0. The van der Waals surface area contributed by atoms with Gasteiger partial charge in [-0.05, 0) is 66.1 Å². The molecule has 0 bridgehead atoms. The first-order chi connectivity index (χ1) is 10.9. The first-order valence-electron chi connectivity index (χ1n) is 7.16. The van der Waals surface area contributed by atoms with Crippen LogP contribution in [0.4, 0.5) is 11.4 Å². The van der Waals surface area contributed by atoms with E-state index in [2.05, 4.69) is 5.32 Å². The molecule has 2 aromatic rings. The van der Waals surface area contributed by atoms with Crippen molar-refractivity contribution < 1.29 is 9.72 Å². The van der Waals surface area contributed by atoms with Crippen molar-refractivity contribution in [1.82, 2.24) is 0 Å². The molecule has 0 spiro atoms. The van der Waals surface area contributed by atoms with Gasteiger partial charge in [0.2, 0.25) is 5.91 Å². The number of nitrogens with zero attached hydrogens (tertiary/aromatic N) is 1. The Hall–Kier alpha value is -2.34. The van der Waals surface area contributed by atoms with Gasteiger partial charge in [0, 0.05) is 17.8 Å². The van der Waals surface area contributed by atoms with Gasteiger partial charge in [-0.15, -0.1) is 11.8 Å². The number of non-ortho nitro benzene ring substituents is 1. The summed E-state index contributed by atoms with van der Waals surface area (Å²) < 4.78 is 0. The van der Waals surface area contributed by atoms with Gasteiger partial charge in [-0.25, -0.2) is 0 Å². The number of aryl methyl sites for hydroxylation is 2. The number of carbonyl (C=O) groups is 1. The summed E-state index contributed by atoms with van der Waals surface area (Å²) in [5.41, 5.74) is 5.75. The standard InChI is InChI=1S/C17H16N2O3S/c1-9-6-11(19(21)22)4-5-12(9)13-8-14-15(7-10(13)2)18-17(20)16(14)23-3/h4-8,16H,1-3H3,(H,18,20). The number of fused-ring (bicyclic) bond motifs is 1. The molecular weight excluding hydrogens is 312 g/mol. The lowest BCUT2D eigenvalue weighted by atomic mass is 9.93. The van der Waals surface area contributed by atoms with Crippen LogP contribution >= 0.6 is 11.8 Å². The summed E-state index contributed by atoms with van der Waals surface area (Å²) in [4.78, 5) is 22.5. The number of benzene rings is 2. The highest BCUT2D eigenvalue weighted by Crippen LogP contribution is 2.42. The van der Waals surface area contributed by atoms with E-state index in [9.17, 15) is 14.9 Å². The van der Waals surface area contributed by atoms with Gasteiger partial charge >= 0.3 is 0 Å². The Bertz CT molecular complexity index is 833. The molecule has 0 fully saturated rings. The summed E-state index contributed by atoms with van der Waals surface area (Å²) in [6.07, 6.45) is 1.91. The van der Waals surface area contributed by atoms with Crippen molar-refractivity contribution in [2.45, 2.75) is 19.1 Å². The van der Waals surface area contributed by atoms with Gasteiger partial charge in [-0.3, -0.25) is 14.9 Å². The Morgan fingerprint density at radius 1 is 1.13 bits per heavy atom. The number of nitrogens with one attached hydrogen (secondary N) is 1. The number of anilines is 1. The predicted molar refractivity (Wildman–Crippen MR) is 92.9 cm³/mol. The van der Waals surface area contributed by atoms with Crippen molar-refractivity contribution in [2.75, 3.05) is 11.6 Å². The van der Waals surface area contributed by atoms with Crippen molar-refractivity contribution in [3.8, 4) is 11.1 Å². The molecule has 1 aliphatic rings. The Morgan fingerprint density at radius 2 is 1.83 bits per heavy atom. The molecular formula is C17H16N2O3S. The zero-order valence-electron chi connectivity index (χ0n) is 13.0. The van der Waals surface area contributed by atoms with Crippen LogP contribution in [0.2, 0.25) is 0 Å². The van der Waals surface area contributed by atoms with Crippen LogP contribution in [0.5, 0.6) is 0 Å². The number of nitro benzene ring substituents is 1. The van der Waals surface area contributed by atoms with Crippen LogP contribution in [0.25, 0.3) is 11.1 Å². The van der Waals surface area contributed by atoms with E-state index in [0.717, 1.165) is 33.5 Å². The second-order valence-electron chi connectivity index (χ2n) is 5.62. The van der Waals surface area contributed by atoms with E-state index in [1.54, 1.807) is 12.1 Å². The monoisotopic (exact) mass is 328 g/mol. The van der Waals surface area contributed by atoms with E-state index >= 15 is 0 Å². The van der Waals surface area contributed by atoms with Crippen LogP contribution in [0, 0.1) is 24.0 Å². The first-order valence-corrected chi connectivity index (χ1v) is 8.44. The zero-order chi connectivity index (χ0) is 16.7. The molecule has 0 saturated carbocycles. The molecule has 0 radical (unpaired) electrons. The van der Waals surface area contributed by atoms with E-state index < -0.39 is 4.92 Å².